The van der Waals surface area contributed by atoms with Crippen molar-refractivity contribution in [2.24, 2.45) is 0 Å². The van der Waals surface area contributed by atoms with Crippen molar-refractivity contribution in [1.29, 1.82) is 0 Å². The molecule has 1 rings (SSSR count). The number of allylic oxidation sites excluding steroid dienone is 7. The standard InChI is InChI=1S/C24H23F/c1-7-11-13-15-23-19(6)22(14-12-8-2)20(9-3)21(10-4)24(23)17-16-18(5)25/h7-17H,1-6H2/b13-11-,14-12-,17-16-,23-15+. The molecule has 0 atom stereocenters. The number of rotatable bonds is 8. The molecule has 0 heterocycles. The zero-order chi connectivity index (χ0) is 18.8. The SMILES string of the molecule is C=C/C=C\C=c1\c(/C=C\C(=C)F)c(C=C)c(C=C)c(/C=C\C=C)c1=C. The van der Waals surface area contributed by atoms with E-state index in [4.69, 9.17) is 0 Å². The molecule has 0 saturated carbocycles. The second kappa shape index (κ2) is 9.84. The van der Waals surface area contributed by atoms with Crippen LogP contribution in [0.2, 0.25) is 0 Å². The number of hydrogen-bond donors (Lipinski definition) is 0. The molecule has 0 saturated heterocycles. The molecule has 25 heavy (non-hydrogen) atoms. The zero-order valence-electron chi connectivity index (χ0n) is 14.5. The van der Waals surface area contributed by atoms with E-state index in [0.717, 1.165) is 32.7 Å². The topological polar surface area (TPSA) is 0 Å². The van der Waals surface area contributed by atoms with Gasteiger partial charge in [-0.15, -0.1) is 0 Å². The first-order chi connectivity index (χ1) is 12.0. The van der Waals surface area contributed by atoms with Crippen LogP contribution in [0.1, 0.15) is 22.3 Å². The number of halogens is 1. The molecule has 0 spiro atoms. The minimum absolute atomic E-state index is 0.524. The molecule has 1 heteroatoms. The van der Waals surface area contributed by atoms with Gasteiger partial charge in [-0.25, -0.2) is 4.39 Å². The van der Waals surface area contributed by atoms with Gasteiger partial charge in [-0.1, -0.05) is 100 Å². The second-order valence-electron chi connectivity index (χ2n) is 5.12. The summed E-state index contributed by atoms with van der Waals surface area (Å²) in [6, 6.07) is 0. The number of benzene rings is 1. The smallest absolute Gasteiger partial charge is 0.116 e. The van der Waals surface area contributed by atoms with Gasteiger partial charge in [0.2, 0.25) is 0 Å². The van der Waals surface area contributed by atoms with Crippen LogP contribution in [0.5, 0.6) is 0 Å². The van der Waals surface area contributed by atoms with Crippen molar-refractivity contribution in [3.8, 4) is 0 Å². The molecule has 0 N–H and O–H groups in total. The molecule has 0 nitrogen and oxygen atoms in total. The van der Waals surface area contributed by atoms with Crippen LogP contribution in [0, 0.1) is 0 Å². The summed E-state index contributed by atoms with van der Waals surface area (Å²) in [5.74, 6) is -0.524. The Kier molecular flexibility index (Phi) is 7.81. The molecule has 126 valence electrons. The minimum atomic E-state index is -0.524. The van der Waals surface area contributed by atoms with E-state index in [1.54, 1.807) is 30.4 Å². The van der Waals surface area contributed by atoms with E-state index in [2.05, 4.69) is 39.5 Å². The fourth-order valence-electron chi connectivity index (χ4n) is 2.47. The lowest BCUT2D eigenvalue weighted by Gasteiger charge is -2.13. The lowest BCUT2D eigenvalue weighted by molar-refractivity contribution is 0.672. The average Bonchev–Trinajstić information content (AvgIpc) is 2.59. The molecule has 0 unspecified atom stereocenters. The van der Waals surface area contributed by atoms with Gasteiger partial charge >= 0.3 is 0 Å². The van der Waals surface area contributed by atoms with Gasteiger partial charge in [0.1, 0.15) is 5.83 Å². The van der Waals surface area contributed by atoms with Gasteiger partial charge in [0.25, 0.3) is 0 Å². The van der Waals surface area contributed by atoms with Crippen molar-refractivity contribution in [2.75, 3.05) is 0 Å². The lowest BCUT2D eigenvalue weighted by atomic mass is 9.91. The highest BCUT2D eigenvalue weighted by molar-refractivity contribution is 5.80. The highest BCUT2D eigenvalue weighted by atomic mass is 19.1. The first-order valence-electron chi connectivity index (χ1n) is 7.76. The fraction of sp³-hybridized carbons (Fsp3) is 0. The van der Waals surface area contributed by atoms with Crippen LogP contribution >= 0.6 is 0 Å². The van der Waals surface area contributed by atoms with Crippen LogP contribution in [0.25, 0.3) is 37.0 Å². The molecular formula is C24H23F. The largest absolute Gasteiger partial charge is 0.208 e. The molecule has 0 aliphatic carbocycles. The normalized spacial score (nSPS) is 12.1. The fourth-order valence-corrected chi connectivity index (χ4v) is 2.47. The van der Waals surface area contributed by atoms with E-state index >= 15 is 0 Å². The van der Waals surface area contributed by atoms with Gasteiger partial charge in [-0.05, 0) is 38.8 Å². The Balaban J connectivity index is 4.09. The second-order valence-corrected chi connectivity index (χ2v) is 5.12. The predicted octanol–water partition coefficient (Wildman–Crippen LogP) is 5.60. The van der Waals surface area contributed by atoms with E-state index in [1.807, 2.05) is 30.4 Å². The molecule has 0 aliphatic heterocycles. The van der Waals surface area contributed by atoms with Crippen molar-refractivity contribution in [3.63, 3.8) is 0 Å². The Labute approximate surface area is 149 Å². The monoisotopic (exact) mass is 330 g/mol. The maximum absolute atomic E-state index is 13.2. The summed E-state index contributed by atoms with van der Waals surface area (Å²) in [5.41, 5.74) is 3.45. The Morgan fingerprint density at radius 3 is 1.88 bits per heavy atom. The minimum Gasteiger partial charge on any atom is -0.208 e. The lowest BCUT2D eigenvalue weighted by Crippen LogP contribution is -2.31. The van der Waals surface area contributed by atoms with Crippen LogP contribution in [0.15, 0.2) is 75.2 Å². The maximum atomic E-state index is 13.2. The van der Waals surface area contributed by atoms with Crippen LogP contribution in [-0.2, 0) is 0 Å². The van der Waals surface area contributed by atoms with Gasteiger partial charge in [0.05, 0.1) is 0 Å². The van der Waals surface area contributed by atoms with Gasteiger partial charge in [0, 0.05) is 0 Å². The summed E-state index contributed by atoms with van der Waals surface area (Å²) in [5, 5.41) is 1.66. The molecule has 1 aromatic carbocycles. The van der Waals surface area contributed by atoms with Crippen molar-refractivity contribution in [2.45, 2.75) is 0 Å². The van der Waals surface area contributed by atoms with Gasteiger partial charge in [-0.2, -0.15) is 0 Å². The van der Waals surface area contributed by atoms with Crippen molar-refractivity contribution < 1.29 is 4.39 Å². The summed E-state index contributed by atoms with van der Waals surface area (Å²) in [4.78, 5) is 0. The van der Waals surface area contributed by atoms with E-state index < -0.39 is 5.83 Å². The summed E-state index contributed by atoms with van der Waals surface area (Å²) < 4.78 is 13.2. The van der Waals surface area contributed by atoms with Crippen LogP contribution in [0.3, 0.4) is 0 Å². The Morgan fingerprint density at radius 1 is 0.760 bits per heavy atom. The average molecular weight is 330 g/mol. The Morgan fingerprint density at radius 2 is 1.36 bits per heavy atom. The highest BCUT2D eigenvalue weighted by Crippen LogP contribution is 2.20. The van der Waals surface area contributed by atoms with E-state index in [-0.39, 0.29) is 0 Å². The van der Waals surface area contributed by atoms with Crippen LogP contribution < -0.4 is 10.4 Å². The molecule has 0 radical (unpaired) electrons. The van der Waals surface area contributed by atoms with Gasteiger partial charge < -0.3 is 0 Å². The summed E-state index contributed by atoms with van der Waals surface area (Å²) in [6.45, 7) is 22.7. The molecule has 0 amide bonds. The quantitative estimate of drug-likeness (QED) is 0.544. The van der Waals surface area contributed by atoms with Gasteiger partial charge in [0.15, 0.2) is 0 Å². The Bertz CT molecular complexity index is 903. The molecule has 0 bridgehead atoms. The zero-order valence-corrected chi connectivity index (χ0v) is 14.5. The molecule has 0 aromatic heterocycles. The van der Waals surface area contributed by atoms with Crippen molar-refractivity contribution >= 4 is 37.0 Å². The summed E-state index contributed by atoms with van der Waals surface area (Å²) in [7, 11) is 0. The third-order valence-electron chi connectivity index (χ3n) is 3.56. The van der Waals surface area contributed by atoms with E-state index in [9.17, 15) is 4.39 Å². The van der Waals surface area contributed by atoms with Crippen molar-refractivity contribution in [3.05, 3.63) is 108 Å². The number of hydrogen-bond acceptors (Lipinski definition) is 0. The third kappa shape index (κ3) is 4.89. The van der Waals surface area contributed by atoms with Gasteiger partial charge in [-0.3, -0.25) is 0 Å². The summed E-state index contributed by atoms with van der Waals surface area (Å²) >= 11 is 0. The molecule has 0 aliphatic rings. The van der Waals surface area contributed by atoms with Crippen molar-refractivity contribution in [1.82, 2.24) is 0 Å². The molecule has 1 aromatic rings. The van der Waals surface area contributed by atoms with Crippen LogP contribution in [-0.4, -0.2) is 0 Å². The molecule has 0 fully saturated rings. The van der Waals surface area contributed by atoms with Crippen LogP contribution in [0.4, 0.5) is 4.39 Å². The van der Waals surface area contributed by atoms with E-state index in [0.29, 0.717) is 0 Å². The molecular weight excluding hydrogens is 307 g/mol. The maximum Gasteiger partial charge on any atom is 0.116 e. The highest BCUT2D eigenvalue weighted by Gasteiger charge is 2.10. The summed E-state index contributed by atoms with van der Waals surface area (Å²) in [6.07, 6.45) is 19.2. The van der Waals surface area contributed by atoms with E-state index in [1.165, 1.54) is 6.08 Å². The first kappa shape index (κ1) is 19.9. The first-order valence-corrected chi connectivity index (χ1v) is 7.76. The Hall–Kier alpha value is -3.19. The predicted molar refractivity (Wildman–Crippen MR) is 114 cm³/mol. The third-order valence-corrected chi connectivity index (χ3v) is 3.56.